The van der Waals surface area contributed by atoms with Gasteiger partial charge in [-0.2, -0.15) is 4.99 Å². The maximum atomic E-state index is 12.1. The molecule has 1 aliphatic heterocycles. The van der Waals surface area contributed by atoms with E-state index in [0.29, 0.717) is 13.0 Å². The highest BCUT2D eigenvalue weighted by Crippen LogP contribution is 2.18. The predicted molar refractivity (Wildman–Crippen MR) is 77.1 cm³/mol. The van der Waals surface area contributed by atoms with Crippen molar-refractivity contribution in [2.75, 3.05) is 6.61 Å². The quantitative estimate of drug-likeness (QED) is 0.743. The van der Waals surface area contributed by atoms with Crippen molar-refractivity contribution >= 4 is 17.6 Å². The number of aliphatic imine (C=N–C) groups is 1. The second-order valence-corrected chi connectivity index (χ2v) is 6.40. The maximum Gasteiger partial charge on any atom is 0.434 e. The summed E-state index contributed by atoms with van der Waals surface area (Å²) in [7, 11) is 0. The Morgan fingerprint density at radius 2 is 2.00 bits per heavy atom. The number of carbonyl (C=O) groups is 2. The molecule has 1 aliphatic rings. The summed E-state index contributed by atoms with van der Waals surface area (Å²) in [5, 5.41) is 0. The van der Waals surface area contributed by atoms with Crippen molar-refractivity contribution in [2.45, 2.75) is 65.6 Å². The van der Waals surface area contributed by atoms with E-state index in [1.165, 1.54) is 0 Å². The Hall–Kier alpha value is -1.23. The van der Waals surface area contributed by atoms with E-state index in [0.717, 1.165) is 12.8 Å². The molecule has 1 atom stereocenters. The number of amides is 1. The molecule has 114 valence electrons. The van der Waals surface area contributed by atoms with E-state index >= 15 is 0 Å². The van der Waals surface area contributed by atoms with Crippen molar-refractivity contribution in [1.82, 2.24) is 0 Å². The lowest BCUT2D eigenvalue weighted by Gasteiger charge is -2.18. The molecule has 20 heavy (non-hydrogen) atoms. The fraction of sp³-hybridized carbons (Fsp3) is 0.800. The Balaban J connectivity index is 2.80. The lowest BCUT2D eigenvalue weighted by Crippen LogP contribution is -2.28. The largest absolute Gasteiger partial charge is 0.442 e. The van der Waals surface area contributed by atoms with Crippen molar-refractivity contribution in [3.8, 4) is 0 Å². The van der Waals surface area contributed by atoms with E-state index in [-0.39, 0.29) is 23.5 Å². The van der Waals surface area contributed by atoms with E-state index in [2.05, 4.69) is 4.99 Å². The average molecular weight is 283 g/mol. The standard InChI is InChI=1S/C15H25NO4/c1-10(2)13(17)12(9-11-7-6-8-19-11)16-14(18)20-15(3,4)5/h10-11H,6-9H2,1-5H3. The Kier molecular flexibility index (Phi) is 5.87. The summed E-state index contributed by atoms with van der Waals surface area (Å²) in [6, 6.07) is 0. The first-order valence-electron chi connectivity index (χ1n) is 7.15. The molecule has 1 rings (SSSR count). The summed E-state index contributed by atoms with van der Waals surface area (Å²) >= 11 is 0. The van der Waals surface area contributed by atoms with Crippen LogP contribution in [0.15, 0.2) is 4.99 Å². The Morgan fingerprint density at radius 3 is 2.45 bits per heavy atom. The molecule has 0 aliphatic carbocycles. The first kappa shape index (κ1) is 16.8. The predicted octanol–water partition coefficient (Wildman–Crippen LogP) is 3.16. The molecule has 1 fully saturated rings. The number of nitrogens with zero attached hydrogens (tertiary/aromatic N) is 1. The number of hydrogen-bond acceptors (Lipinski definition) is 4. The molecule has 5 heteroatoms. The zero-order chi connectivity index (χ0) is 15.3. The van der Waals surface area contributed by atoms with E-state index in [9.17, 15) is 9.59 Å². The van der Waals surface area contributed by atoms with Crippen LogP contribution in [0.3, 0.4) is 0 Å². The summed E-state index contributed by atoms with van der Waals surface area (Å²) in [6.45, 7) is 9.60. The van der Waals surface area contributed by atoms with Crippen molar-refractivity contribution in [2.24, 2.45) is 10.9 Å². The van der Waals surface area contributed by atoms with Crippen molar-refractivity contribution in [3.05, 3.63) is 0 Å². The third-order valence-corrected chi connectivity index (χ3v) is 2.87. The van der Waals surface area contributed by atoms with E-state index < -0.39 is 11.7 Å². The molecule has 0 spiro atoms. The molecule has 1 saturated heterocycles. The van der Waals surface area contributed by atoms with Crippen molar-refractivity contribution in [3.63, 3.8) is 0 Å². The molecular weight excluding hydrogens is 258 g/mol. The van der Waals surface area contributed by atoms with Gasteiger partial charge in [0.1, 0.15) is 5.60 Å². The van der Waals surface area contributed by atoms with Crippen LogP contribution in [0, 0.1) is 5.92 Å². The first-order chi connectivity index (χ1) is 9.19. The van der Waals surface area contributed by atoms with Crippen LogP contribution in [-0.2, 0) is 14.3 Å². The monoisotopic (exact) mass is 283 g/mol. The van der Waals surface area contributed by atoms with Gasteiger partial charge in [0.25, 0.3) is 0 Å². The van der Waals surface area contributed by atoms with Gasteiger partial charge < -0.3 is 9.47 Å². The molecule has 1 heterocycles. The average Bonchev–Trinajstić information content (AvgIpc) is 2.77. The summed E-state index contributed by atoms with van der Waals surface area (Å²) < 4.78 is 10.7. The Bertz CT molecular complexity index is 387. The van der Waals surface area contributed by atoms with Crippen LogP contribution in [0.2, 0.25) is 0 Å². The van der Waals surface area contributed by atoms with Gasteiger partial charge in [0.2, 0.25) is 0 Å². The van der Waals surface area contributed by atoms with Gasteiger partial charge in [-0.15, -0.1) is 0 Å². The zero-order valence-electron chi connectivity index (χ0n) is 13.1. The topological polar surface area (TPSA) is 65.0 Å². The fourth-order valence-corrected chi connectivity index (χ4v) is 1.95. The van der Waals surface area contributed by atoms with Crippen LogP contribution in [0.5, 0.6) is 0 Å². The number of ether oxygens (including phenoxy) is 2. The minimum absolute atomic E-state index is 0.0149. The van der Waals surface area contributed by atoms with E-state index in [4.69, 9.17) is 9.47 Å². The van der Waals surface area contributed by atoms with Crippen LogP contribution < -0.4 is 0 Å². The van der Waals surface area contributed by atoms with Gasteiger partial charge in [-0.05, 0) is 33.6 Å². The minimum atomic E-state index is -0.709. The summed E-state index contributed by atoms with van der Waals surface area (Å²) in [6.07, 6.45) is 1.55. The number of ketones is 1. The minimum Gasteiger partial charge on any atom is -0.442 e. The van der Waals surface area contributed by atoms with Crippen LogP contribution >= 0.6 is 0 Å². The van der Waals surface area contributed by atoms with E-state index in [1.54, 1.807) is 34.6 Å². The van der Waals surface area contributed by atoms with Gasteiger partial charge in [0.05, 0.1) is 11.8 Å². The van der Waals surface area contributed by atoms with Crippen LogP contribution in [0.25, 0.3) is 0 Å². The molecule has 0 aromatic carbocycles. The maximum absolute atomic E-state index is 12.1. The normalized spacial score (nSPS) is 20.3. The van der Waals surface area contributed by atoms with Gasteiger partial charge in [0.15, 0.2) is 5.78 Å². The van der Waals surface area contributed by atoms with Gasteiger partial charge in [-0.3, -0.25) is 4.79 Å². The van der Waals surface area contributed by atoms with Crippen molar-refractivity contribution in [1.29, 1.82) is 0 Å². The van der Waals surface area contributed by atoms with Crippen LogP contribution in [0.1, 0.15) is 53.9 Å². The lowest BCUT2D eigenvalue weighted by atomic mass is 9.99. The summed E-state index contributed by atoms with van der Waals surface area (Å²) in [4.78, 5) is 27.8. The fourth-order valence-electron chi connectivity index (χ4n) is 1.95. The van der Waals surface area contributed by atoms with Crippen molar-refractivity contribution < 1.29 is 19.1 Å². The SMILES string of the molecule is CC(C)C(=O)C(CC1CCCO1)=NC(=O)OC(C)(C)C. The zero-order valence-corrected chi connectivity index (χ0v) is 13.1. The highest BCUT2D eigenvalue weighted by molar-refractivity contribution is 6.41. The lowest BCUT2D eigenvalue weighted by molar-refractivity contribution is -0.115. The highest BCUT2D eigenvalue weighted by Gasteiger charge is 2.25. The van der Waals surface area contributed by atoms with Gasteiger partial charge >= 0.3 is 6.09 Å². The second kappa shape index (κ2) is 6.97. The molecule has 1 amide bonds. The third kappa shape index (κ3) is 5.82. The van der Waals surface area contributed by atoms with Gasteiger partial charge in [-0.1, -0.05) is 13.8 Å². The Morgan fingerprint density at radius 1 is 1.35 bits per heavy atom. The number of rotatable bonds is 4. The van der Waals surface area contributed by atoms with Crippen LogP contribution in [-0.4, -0.2) is 35.9 Å². The van der Waals surface area contributed by atoms with Gasteiger partial charge in [0, 0.05) is 18.9 Å². The van der Waals surface area contributed by atoms with Gasteiger partial charge in [-0.25, -0.2) is 4.79 Å². The molecule has 0 aromatic rings. The summed E-state index contributed by atoms with van der Waals surface area (Å²) in [5.41, 5.74) is -0.350. The summed E-state index contributed by atoms with van der Waals surface area (Å²) in [5.74, 6) is -0.316. The van der Waals surface area contributed by atoms with Crippen LogP contribution in [0.4, 0.5) is 4.79 Å². The number of Topliss-reactive ketones (excluding diaryl/α,β-unsaturated/α-hetero) is 1. The third-order valence-electron chi connectivity index (χ3n) is 2.87. The molecule has 0 aromatic heterocycles. The Labute approximate surface area is 120 Å². The molecule has 1 unspecified atom stereocenters. The molecule has 5 nitrogen and oxygen atoms in total. The highest BCUT2D eigenvalue weighted by atomic mass is 16.6. The number of hydrogen-bond donors (Lipinski definition) is 0. The molecule has 0 radical (unpaired) electrons. The van der Waals surface area contributed by atoms with E-state index in [1.807, 2.05) is 0 Å². The smallest absolute Gasteiger partial charge is 0.434 e. The molecule has 0 saturated carbocycles. The molecular formula is C15H25NO4. The number of carbonyl (C=O) groups excluding carboxylic acids is 2. The first-order valence-corrected chi connectivity index (χ1v) is 7.15. The molecule has 0 bridgehead atoms. The second-order valence-electron chi connectivity index (χ2n) is 6.40. The molecule has 0 N–H and O–H groups in total.